The van der Waals surface area contributed by atoms with Gasteiger partial charge >= 0.3 is 0 Å². The van der Waals surface area contributed by atoms with Crippen LogP contribution in [0.1, 0.15) is 18.4 Å². The summed E-state index contributed by atoms with van der Waals surface area (Å²) in [6, 6.07) is 19.1. The van der Waals surface area contributed by atoms with Gasteiger partial charge in [0.1, 0.15) is 0 Å². The van der Waals surface area contributed by atoms with Crippen molar-refractivity contribution in [2.45, 2.75) is 19.4 Å². The number of benzene rings is 2. The highest BCUT2D eigenvalue weighted by Gasteiger charge is 2.06. The van der Waals surface area contributed by atoms with E-state index in [1.165, 1.54) is 16.7 Å². The van der Waals surface area contributed by atoms with Crippen molar-refractivity contribution >= 4 is 0 Å². The number of unbranched alkanes of at least 4 members (excludes halogenated alkanes) is 1. The molecule has 0 heterocycles. The van der Waals surface area contributed by atoms with Crippen molar-refractivity contribution in [3.63, 3.8) is 0 Å². The topological polar surface area (TPSA) is 23.5 Å². The summed E-state index contributed by atoms with van der Waals surface area (Å²) in [5.74, 6) is 0. The second-order valence-corrected chi connectivity index (χ2v) is 5.19. The van der Waals surface area contributed by atoms with E-state index in [1.54, 1.807) is 0 Å². The summed E-state index contributed by atoms with van der Waals surface area (Å²) in [4.78, 5) is 2.32. The SMILES string of the molecule is CN(CCCCO)Cc1ccccc1-c1ccccc1. The largest absolute Gasteiger partial charge is 0.396 e. The van der Waals surface area contributed by atoms with Gasteiger partial charge in [-0.1, -0.05) is 54.6 Å². The van der Waals surface area contributed by atoms with Crippen molar-refractivity contribution in [3.05, 3.63) is 60.2 Å². The van der Waals surface area contributed by atoms with Gasteiger partial charge in [-0.05, 0) is 43.1 Å². The van der Waals surface area contributed by atoms with Crippen LogP contribution in [0.2, 0.25) is 0 Å². The van der Waals surface area contributed by atoms with Gasteiger partial charge in [0.05, 0.1) is 0 Å². The lowest BCUT2D eigenvalue weighted by atomic mass is 9.99. The van der Waals surface area contributed by atoms with Gasteiger partial charge in [0.25, 0.3) is 0 Å². The zero-order valence-corrected chi connectivity index (χ0v) is 12.1. The lowest BCUT2D eigenvalue weighted by molar-refractivity contribution is 0.261. The zero-order chi connectivity index (χ0) is 14.2. The summed E-state index contributed by atoms with van der Waals surface area (Å²) in [6.45, 7) is 2.24. The van der Waals surface area contributed by atoms with Gasteiger partial charge in [0.15, 0.2) is 0 Å². The third-order valence-electron chi connectivity index (χ3n) is 3.49. The first-order chi connectivity index (χ1) is 9.81. The number of aliphatic hydroxyl groups is 1. The molecule has 20 heavy (non-hydrogen) atoms. The molecule has 0 amide bonds. The minimum absolute atomic E-state index is 0.286. The average molecular weight is 269 g/mol. The smallest absolute Gasteiger partial charge is 0.0431 e. The molecule has 0 saturated carbocycles. The van der Waals surface area contributed by atoms with Crippen LogP contribution in [-0.4, -0.2) is 30.2 Å². The number of nitrogens with zero attached hydrogens (tertiary/aromatic N) is 1. The van der Waals surface area contributed by atoms with E-state index < -0.39 is 0 Å². The van der Waals surface area contributed by atoms with Crippen LogP contribution in [0.5, 0.6) is 0 Å². The van der Waals surface area contributed by atoms with Gasteiger partial charge < -0.3 is 10.0 Å². The van der Waals surface area contributed by atoms with Crippen molar-refractivity contribution < 1.29 is 5.11 Å². The number of hydrogen-bond donors (Lipinski definition) is 1. The highest BCUT2D eigenvalue weighted by atomic mass is 16.2. The highest BCUT2D eigenvalue weighted by molar-refractivity contribution is 5.67. The van der Waals surface area contributed by atoms with Crippen LogP contribution in [0.25, 0.3) is 11.1 Å². The number of hydrogen-bond acceptors (Lipinski definition) is 2. The molecular weight excluding hydrogens is 246 g/mol. The second kappa shape index (κ2) is 7.83. The molecule has 0 fully saturated rings. The Morgan fingerprint density at radius 1 is 0.900 bits per heavy atom. The Morgan fingerprint density at radius 3 is 2.35 bits per heavy atom. The molecule has 0 aliphatic heterocycles. The molecule has 0 aliphatic rings. The Bertz CT molecular complexity index is 510. The zero-order valence-electron chi connectivity index (χ0n) is 12.1. The summed E-state index contributed by atoms with van der Waals surface area (Å²) < 4.78 is 0. The minimum Gasteiger partial charge on any atom is -0.396 e. The van der Waals surface area contributed by atoms with Gasteiger partial charge in [-0.25, -0.2) is 0 Å². The van der Waals surface area contributed by atoms with E-state index in [0.29, 0.717) is 0 Å². The summed E-state index contributed by atoms with van der Waals surface area (Å²) in [6.07, 6.45) is 1.92. The molecule has 0 spiro atoms. The minimum atomic E-state index is 0.286. The van der Waals surface area contributed by atoms with Crippen LogP contribution in [-0.2, 0) is 6.54 Å². The van der Waals surface area contributed by atoms with Crippen LogP contribution in [0.4, 0.5) is 0 Å². The monoisotopic (exact) mass is 269 g/mol. The molecular formula is C18H23NO. The first-order valence-corrected chi connectivity index (χ1v) is 7.24. The summed E-state index contributed by atoms with van der Waals surface area (Å²) in [5, 5.41) is 8.84. The van der Waals surface area contributed by atoms with Crippen LogP contribution >= 0.6 is 0 Å². The quantitative estimate of drug-likeness (QED) is 0.777. The van der Waals surface area contributed by atoms with Gasteiger partial charge in [-0.15, -0.1) is 0 Å². The summed E-state index contributed by atoms with van der Waals surface area (Å²) >= 11 is 0. The van der Waals surface area contributed by atoms with Crippen LogP contribution in [0, 0.1) is 0 Å². The Hall–Kier alpha value is -1.64. The molecule has 106 valence electrons. The van der Waals surface area contributed by atoms with E-state index >= 15 is 0 Å². The number of rotatable bonds is 7. The molecule has 0 radical (unpaired) electrons. The maximum Gasteiger partial charge on any atom is 0.0431 e. The summed E-state index contributed by atoms with van der Waals surface area (Å²) in [7, 11) is 2.14. The third kappa shape index (κ3) is 4.19. The molecule has 2 aromatic rings. The number of aliphatic hydroxyl groups excluding tert-OH is 1. The average Bonchev–Trinajstić information content (AvgIpc) is 2.49. The maximum absolute atomic E-state index is 8.84. The molecule has 0 aromatic heterocycles. The van der Waals surface area contributed by atoms with Gasteiger partial charge in [-0.3, -0.25) is 0 Å². The molecule has 2 aromatic carbocycles. The van der Waals surface area contributed by atoms with Crippen LogP contribution in [0.15, 0.2) is 54.6 Å². The van der Waals surface area contributed by atoms with Crippen LogP contribution in [0.3, 0.4) is 0 Å². The fourth-order valence-electron chi connectivity index (χ4n) is 2.42. The second-order valence-electron chi connectivity index (χ2n) is 5.19. The predicted octanol–water partition coefficient (Wildman–Crippen LogP) is 3.56. The van der Waals surface area contributed by atoms with E-state index in [9.17, 15) is 0 Å². The predicted molar refractivity (Wildman–Crippen MR) is 84.5 cm³/mol. The molecule has 2 rings (SSSR count). The Kier molecular flexibility index (Phi) is 5.78. The molecule has 2 heteroatoms. The summed E-state index contributed by atoms with van der Waals surface area (Å²) in [5.41, 5.74) is 3.93. The molecule has 0 aliphatic carbocycles. The van der Waals surface area contributed by atoms with Crippen molar-refractivity contribution in [2.24, 2.45) is 0 Å². The van der Waals surface area contributed by atoms with Crippen LogP contribution < -0.4 is 0 Å². The van der Waals surface area contributed by atoms with Crippen molar-refractivity contribution in [3.8, 4) is 11.1 Å². The first-order valence-electron chi connectivity index (χ1n) is 7.24. The fourth-order valence-corrected chi connectivity index (χ4v) is 2.42. The lowest BCUT2D eigenvalue weighted by Crippen LogP contribution is -2.19. The highest BCUT2D eigenvalue weighted by Crippen LogP contribution is 2.24. The van der Waals surface area contributed by atoms with E-state index in [-0.39, 0.29) is 6.61 Å². The molecule has 0 bridgehead atoms. The Morgan fingerprint density at radius 2 is 1.60 bits per heavy atom. The van der Waals surface area contributed by atoms with E-state index in [4.69, 9.17) is 5.11 Å². The Balaban J connectivity index is 2.09. The van der Waals surface area contributed by atoms with E-state index in [0.717, 1.165) is 25.9 Å². The first kappa shape index (κ1) is 14.8. The molecule has 0 saturated heterocycles. The van der Waals surface area contributed by atoms with Gasteiger partial charge in [-0.2, -0.15) is 0 Å². The van der Waals surface area contributed by atoms with E-state index in [1.807, 2.05) is 6.07 Å². The third-order valence-corrected chi connectivity index (χ3v) is 3.49. The molecule has 0 atom stereocenters. The fraction of sp³-hybridized carbons (Fsp3) is 0.333. The standard InChI is InChI=1S/C18H23NO/c1-19(13-7-8-14-20)15-17-11-5-6-12-18(17)16-9-3-2-4-10-16/h2-6,9-12,20H,7-8,13-15H2,1H3. The molecule has 1 N–H and O–H groups in total. The van der Waals surface area contributed by atoms with Gasteiger partial charge in [0, 0.05) is 13.2 Å². The van der Waals surface area contributed by atoms with Gasteiger partial charge in [0.2, 0.25) is 0 Å². The molecule has 0 unspecified atom stereocenters. The molecule has 2 nitrogen and oxygen atoms in total. The van der Waals surface area contributed by atoms with Crippen molar-refractivity contribution in [1.82, 2.24) is 4.90 Å². The normalized spacial score (nSPS) is 10.9. The van der Waals surface area contributed by atoms with Crippen molar-refractivity contribution in [2.75, 3.05) is 20.2 Å². The lowest BCUT2D eigenvalue weighted by Gasteiger charge is -2.18. The van der Waals surface area contributed by atoms with Crippen molar-refractivity contribution in [1.29, 1.82) is 0 Å². The van der Waals surface area contributed by atoms with E-state index in [2.05, 4.69) is 60.5 Å². The maximum atomic E-state index is 8.84. The Labute approximate surface area is 121 Å².